The van der Waals surface area contributed by atoms with E-state index in [-0.39, 0.29) is 0 Å². The lowest BCUT2D eigenvalue weighted by Crippen LogP contribution is -2.02. The van der Waals surface area contributed by atoms with Crippen molar-refractivity contribution in [1.29, 1.82) is 0 Å². The highest BCUT2D eigenvalue weighted by atomic mass is 79.9. The van der Waals surface area contributed by atoms with E-state index in [1.807, 2.05) is 36.4 Å². The summed E-state index contributed by atoms with van der Waals surface area (Å²) in [5.41, 5.74) is 3.04. The van der Waals surface area contributed by atoms with Crippen LogP contribution in [0.3, 0.4) is 0 Å². The van der Waals surface area contributed by atoms with Crippen LogP contribution in [0.5, 0.6) is 0 Å². The van der Waals surface area contributed by atoms with Crippen molar-refractivity contribution in [3.63, 3.8) is 0 Å². The second-order valence-corrected chi connectivity index (χ2v) is 5.92. The van der Waals surface area contributed by atoms with Gasteiger partial charge in [-0.25, -0.2) is 0 Å². The van der Waals surface area contributed by atoms with Crippen LogP contribution in [0.15, 0.2) is 45.4 Å². The summed E-state index contributed by atoms with van der Waals surface area (Å²) in [6, 6.07) is 11.4. The Morgan fingerprint density at radius 2 is 1.95 bits per heavy atom. The van der Waals surface area contributed by atoms with Gasteiger partial charge in [-0.05, 0) is 34.1 Å². The topological polar surface area (TPSA) is 44.5 Å². The molecule has 2 aromatic carbocycles. The fourth-order valence-electron chi connectivity index (χ4n) is 2.35. The first kappa shape index (κ1) is 15.5. The van der Waals surface area contributed by atoms with Gasteiger partial charge in [0.05, 0.1) is 5.02 Å². The van der Waals surface area contributed by atoms with Crippen LogP contribution in [-0.4, -0.2) is 19.4 Å². The molecular formula is C16H13BrClNO3. The number of ether oxygens (including phenoxy) is 2. The minimum absolute atomic E-state index is 0.438. The van der Waals surface area contributed by atoms with Gasteiger partial charge in [-0.2, -0.15) is 0 Å². The van der Waals surface area contributed by atoms with Crippen molar-refractivity contribution >= 4 is 38.5 Å². The van der Waals surface area contributed by atoms with Crippen molar-refractivity contribution in [3.8, 4) is 11.3 Å². The first-order chi connectivity index (χ1) is 10.7. The number of halogens is 2. The van der Waals surface area contributed by atoms with Gasteiger partial charge in [-0.1, -0.05) is 35.0 Å². The third kappa shape index (κ3) is 2.65. The Kier molecular flexibility index (Phi) is 4.49. The van der Waals surface area contributed by atoms with Crippen LogP contribution in [-0.2, 0) is 9.47 Å². The maximum atomic E-state index is 6.34. The Bertz CT molecular complexity index is 814. The number of aromatic nitrogens is 1. The van der Waals surface area contributed by atoms with Gasteiger partial charge in [0.25, 0.3) is 0 Å². The number of methoxy groups -OCH3 is 2. The molecule has 0 aliphatic heterocycles. The highest BCUT2D eigenvalue weighted by Crippen LogP contribution is 2.37. The average Bonchev–Trinajstić information content (AvgIpc) is 2.94. The molecule has 0 saturated carbocycles. The van der Waals surface area contributed by atoms with E-state index in [2.05, 4.69) is 21.1 Å². The molecule has 0 spiro atoms. The minimum atomic E-state index is -0.438. The highest BCUT2D eigenvalue weighted by Gasteiger charge is 2.17. The number of benzene rings is 2. The monoisotopic (exact) mass is 381 g/mol. The summed E-state index contributed by atoms with van der Waals surface area (Å²) in [6.07, 6.45) is -0.438. The molecule has 0 saturated heterocycles. The van der Waals surface area contributed by atoms with E-state index in [9.17, 15) is 0 Å². The van der Waals surface area contributed by atoms with Gasteiger partial charge in [0.1, 0.15) is 5.69 Å². The fourth-order valence-corrected chi connectivity index (χ4v) is 2.93. The van der Waals surface area contributed by atoms with E-state index in [1.54, 1.807) is 14.2 Å². The van der Waals surface area contributed by atoms with Crippen molar-refractivity contribution in [3.05, 3.63) is 51.5 Å². The molecule has 0 unspecified atom stereocenters. The highest BCUT2D eigenvalue weighted by molar-refractivity contribution is 9.10. The number of fused-ring (bicyclic) bond motifs is 1. The Morgan fingerprint density at radius 3 is 2.68 bits per heavy atom. The van der Waals surface area contributed by atoms with Crippen LogP contribution in [0, 0.1) is 0 Å². The predicted molar refractivity (Wildman–Crippen MR) is 88.9 cm³/mol. The molecule has 0 radical (unpaired) electrons. The molecule has 0 aliphatic carbocycles. The molecule has 4 nitrogen and oxygen atoms in total. The zero-order valence-electron chi connectivity index (χ0n) is 12.0. The summed E-state index contributed by atoms with van der Waals surface area (Å²) in [5, 5.41) is 5.65. The van der Waals surface area contributed by atoms with Gasteiger partial charge < -0.3 is 14.0 Å². The zero-order valence-corrected chi connectivity index (χ0v) is 14.3. The van der Waals surface area contributed by atoms with E-state index < -0.39 is 6.29 Å². The van der Waals surface area contributed by atoms with Gasteiger partial charge in [0, 0.05) is 35.2 Å². The predicted octanol–water partition coefficient (Wildman–Crippen LogP) is 5.20. The molecule has 0 aliphatic rings. The van der Waals surface area contributed by atoms with Gasteiger partial charge in [-0.15, -0.1) is 0 Å². The summed E-state index contributed by atoms with van der Waals surface area (Å²) in [7, 11) is 3.18. The van der Waals surface area contributed by atoms with Crippen molar-refractivity contribution < 1.29 is 14.0 Å². The number of hydrogen-bond donors (Lipinski definition) is 0. The van der Waals surface area contributed by atoms with E-state index in [4.69, 9.17) is 25.6 Å². The van der Waals surface area contributed by atoms with Crippen LogP contribution < -0.4 is 0 Å². The summed E-state index contributed by atoms with van der Waals surface area (Å²) in [4.78, 5) is 0. The summed E-state index contributed by atoms with van der Waals surface area (Å²) in [5.74, 6) is 0. The Morgan fingerprint density at radius 1 is 1.18 bits per heavy atom. The Labute approximate surface area is 141 Å². The molecule has 22 heavy (non-hydrogen) atoms. The normalized spacial score (nSPS) is 11.5. The Balaban J connectivity index is 2.12. The van der Waals surface area contributed by atoms with Gasteiger partial charge in [-0.3, -0.25) is 0 Å². The van der Waals surface area contributed by atoms with Crippen molar-refractivity contribution in [1.82, 2.24) is 5.16 Å². The van der Waals surface area contributed by atoms with E-state index in [0.717, 1.165) is 21.0 Å². The van der Waals surface area contributed by atoms with Crippen molar-refractivity contribution in [2.45, 2.75) is 6.29 Å². The Hall–Kier alpha value is -1.40. The SMILES string of the molecule is COC(OC)c1ccc2c(-c3cccc(Br)c3Cl)noc2c1. The molecule has 6 heteroatoms. The largest absolute Gasteiger partial charge is 0.356 e. The zero-order chi connectivity index (χ0) is 15.7. The summed E-state index contributed by atoms with van der Waals surface area (Å²) >= 11 is 9.76. The molecule has 1 aromatic heterocycles. The first-order valence-electron chi connectivity index (χ1n) is 6.55. The first-order valence-corrected chi connectivity index (χ1v) is 7.72. The molecule has 3 aromatic rings. The van der Waals surface area contributed by atoms with Crippen LogP contribution in [0.1, 0.15) is 11.9 Å². The maximum absolute atomic E-state index is 6.34. The van der Waals surface area contributed by atoms with E-state index in [1.165, 1.54) is 0 Å². The summed E-state index contributed by atoms with van der Waals surface area (Å²) in [6.45, 7) is 0. The van der Waals surface area contributed by atoms with E-state index >= 15 is 0 Å². The minimum Gasteiger partial charge on any atom is -0.356 e. The summed E-state index contributed by atoms with van der Waals surface area (Å²) < 4.78 is 16.8. The van der Waals surface area contributed by atoms with E-state index in [0.29, 0.717) is 16.3 Å². The fraction of sp³-hybridized carbons (Fsp3) is 0.188. The lowest BCUT2D eigenvalue weighted by molar-refractivity contribution is -0.105. The lowest BCUT2D eigenvalue weighted by atomic mass is 10.1. The number of hydrogen-bond acceptors (Lipinski definition) is 4. The molecule has 0 fully saturated rings. The van der Waals surface area contributed by atoms with Crippen LogP contribution in [0.4, 0.5) is 0 Å². The van der Waals surface area contributed by atoms with Gasteiger partial charge in [0.15, 0.2) is 11.9 Å². The second-order valence-electron chi connectivity index (χ2n) is 4.69. The molecule has 0 atom stereocenters. The second kappa shape index (κ2) is 6.38. The van der Waals surface area contributed by atoms with Crippen molar-refractivity contribution in [2.75, 3.05) is 14.2 Å². The number of nitrogens with zero attached hydrogens (tertiary/aromatic N) is 1. The van der Waals surface area contributed by atoms with Crippen LogP contribution in [0.2, 0.25) is 5.02 Å². The van der Waals surface area contributed by atoms with Crippen LogP contribution >= 0.6 is 27.5 Å². The number of rotatable bonds is 4. The smallest absolute Gasteiger partial charge is 0.183 e. The third-order valence-corrected chi connectivity index (χ3v) is 4.70. The molecular weight excluding hydrogens is 370 g/mol. The van der Waals surface area contributed by atoms with Crippen molar-refractivity contribution in [2.24, 2.45) is 0 Å². The van der Waals surface area contributed by atoms with Gasteiger partial charge >= 0.3 is 0 Å². The van der Waals surface area contributed by atoms with Gasteiger partial charge in [0.2, 0.25) is 0 Å². The molecule has 0 amide bonds. The standard InChI is InChI=1S/C16H13BrClNO3/c1-20-16(21-2)9-6-7-10-13(8-9)22-19-15(10)11-4-3-5-12(17)14(11)18/h3-8,16H,1-2H3. The lowest BCUT2D eigenvalue weighted by Gasteiger charge is -2.13. The molecule has 0 N–H and O–H groups in total. The van der Waals surface area contributed by atoms with Crippen LogP contribution in [0.25, 0.3) is 22.2 Å². The molecule has 114 valence electrons. The molecule has 1 heterocycles. The average molecular weight is 383 g/mol. The quantitative estimate of drug-likeness (QED) is 0.582. The molecule has 3 rings (SSSR count). The molecule has 0 bridgehead atoms. The maximum Gasteiger partial charge on any atom is 0.183 e. The third-order valence-electron chi connectivity index (χ3n) is 3.40.